The van der Waals surface area contributed by atoms with Gasteiger partial charge < -0.3 is 31.0 Å². The summed E-state index contributed by atoms with van der Waals surface area (Å²) in [4.78, 5) is 52.2. The Kier molecular flexibility index (Phi) is 8.51. The summed E-state index contributed by atoms with van der Waals surface area (Å²) in [6, 6.07) is 5.25. The lowest BCUT2D eigenvalue weighted by molar-refractivity contribution is -0.127. The van der Waals surface area contributed by atoms with E-state index in [-0.39, 0.29) is 53.9 Å². The number of aliphatic imine (C=N–C) groups is 1. The minimum Gasteiger partial charge on any atom is -0.451 e. The molecular formula is C26H30N12O6S2. The number of amides is 3. The molecule has 1 aromatic carbocycles. The Morgan fingerprint density at radius 2 is 2.07 bits per heavy atom. The quantitative estimate of drug-likeness (QED) is 0.123. The number of amidine groups is 1. The van der Waals surface area contributed by atoms with E-state index >= 15 is 0 Å². The molecular weight excluding hydrogens is 640 g/mol. The van der Waals surface area contributed by atoms with Crippen LogP contribution in [0.15, 0.2) is 34.3 Å². The number of carbonyl (C=O) groups is 3. The molecule has 6 N–H and O–H groups in total. The number of tetrazole rings is 1. The number of fused-ring (bicyclic) bond motifs is 2. The van der Waals surface area contributed by atoms with Gasteiger partial charge in [0.2, 0.25) is 5.91 Å². The molecule has 2 unspecified atom stereocenters. The van der Waals surface area contributed by atoms with Gasteiger partial charge in [-0.2, -0.15) is 14.5 Å². The van der Waals surface area contributed by atoms with E-state index in [1.54, 1.807) is 18.2 Å². The molecule has 3 aromatic heterocycles. The topological polar surface area (TPSA) is 247 Å². The average molecular weight is 671 g/mol. The molecule has 46 heavy (non-hydrogen) atoms. The molecule has 0 saturated carbocycles. The van der Waals surface area contributed by atoms with E-state index < -0.39 is 34.0 Å². The molecule has 2 aliphatic heterocycles. The third-order valence-corrected chi connectivity index (χ3v) is 10.6. The second-order valence-corrected chi connectivity index (χ2v) is 13.7. The Hall–Kier alpha value is -4.79. The van der Waals surface area contributed by atoms with Crippen molar-refractivity contribution in [1.82, 2.24) is 50.4 Å². The van der Waals surface area contributed by atoms with Crippen LogP contribution in [-0.4, -0.2) is 111 Å². The van der Waals surface area contributed by atoms with Gasteiger partial charge in [0, 0.05) is 60.0 Å². The fraction of sp³-hybridized carbons (Fsp3) is 0.385. The van der Waals surface area contributed by atoms with Gasteiger partial charge in [0.05, 0.1) is 19.3 Å². The van der Waals surface area contributed by atoms with E-state index in [0.717, 1.165) is 14.9 Å². The zero-order chi connectivity index (χ0) is 32.6. The first-order valence-electron chi connectivity index (χ1n) is 14.1. The van der Waals surface area contributed by atoms with Crippen molar-refractivity contribution in [2.24, 2.45) is 10.7 Å². The highest BCUT2D eigenvalue weighted by Crippen LogP contribution is 2.28. The predicted molar refractivity (Wildman–Crippen MR) is 163 cm³/mol. The molecule has 0 bridgehead atoms. The van der Waals surface area contributed by atoms with Crippen LogP contribution in [0.25, 0.3) is 10.9 Å². The zero-order valence-corrected chi connectivity index (χ0v) is 26.3. The lowest BCUT2D eigenvalue weighted by Gasteiger charge is -2.39. The number of methoxy groups -OCH3 is 1. The number of benzene rings is 1. The first kappa shape index (κ1) is 31.2. The van der Waals surface area contributed by atoms with E-state index in [2.05, 4.69) is 51.0 Å². The highest BCUT2D eigenvalue weighted by molar-refractivity contribution is 7.89. The molecule has 0 radical (unpaired) electrons. The largest absolute Gasteiger partial charge is 0.451 e. The predicted octanol–water partition coefficient (Wildman–Crippen LogP) is -0.525. The minimum atomic E-state index is -4.16. The lowest BCUT2D eigenvalue weighted by Crippen LogP contribution is -2.61. The van der Waals surface area contributed by atoms with Crippen LogP contribution in [0.4, 0.5) is 4.79 Å². The number of hydrogen-bond donors (Lipinski definition) is 5. The van der Waals surface area contributed by atoms with Gasteiger partial charge in [0.25, 0.3) is 15.9 Å². The van der Waals surface area contributed by atoms with E-state index in [1.165, 1.54) is 29.4 Å². The molecule has 1 saturated heterocycles. The maximum atomic E-state index is 13.9. The smallest absolute Gasteiger partial charge is 0.435 e. The average Bonchev–Trinajstić information content (AvgIpc) is 3.82. The van der Waals surface area contributed by atoms with E-state index in [0.29, 0.717) is 29.4 Å². The number of ether oxygens (including phenoxy) is 1. The van der Waals surface area contributed by atoms with Crippen molar-refractivity contribution in [3.05, 3.63) is 51.2 Å². The molecule has 0 spiro atoms. The Bertz CT molecular complexity index is 1940. The van der Waals surface area contributed by atoms with Crippen LogP contribution >= 0.6 is 11.3 Å². The van der Waals surface area contributed by atoms with Crippen LogP contribution in [-0.2, 0) is 39.1 Å². The van der Waals surface area contributed by atoms with E-state index in [1.807, 2.05) is 6.92 Å². The maximum absolute atomic E-state index is 13.9. The zero-order valence-electron chi connectivity index (χ0n) is 24.7. The van der Waals surface area contributed by atoms with Gasteiger partial charge in [0.15, 0.2) is 10.8 Å². The second-order valence-electron chi connectivity index (χ2n) is 10.7. The normalized spacial score (nSPS) is 19.2. The van der Waals surface area contributed by atoms with Crippen molar-refractivity contribution < 1.29 is 27.5 Å². The fourth-order valence-electron chi connectivity index (χ4n) is 5.26. The van der Waals surface area contributed by atoms with Gasteiger partial charge in [-0.3, -0.25) is 9.59 Å². The van der Waals surface area contributed by atoms with Gasteiger partial charge >= 0.3 is 6.09 Å². The molecule has 2 aliphatic rings. The summed E-state index contributed by atoms with van der Waals surface area (Å²) in [5.41, 5.74) is 7.64. The third-order valence-electron chi connectivity index (χ3n) is 7.68. The maximum Gasteiger partial charge on any atom is 0.435 e. The summed E-state index contributed by atoms with van der Waals surface area (Å²) in [6.07, 6.45) is -0.194. The molecule has 6 rings (SSSR count). The summed E-state index contributed by atoms with van der Waals surface area (Å²) in [6.45, 7) is 2.12. The number of sulfonamides is 1. The SMILES string of the molecule is COC(=O)/N=C(/N)c1ccc2[nH]c(S(=O)(=O)N3CCN(C(=O)c4nc5c(s4)CNC(C)C5)C(C(=O)NCc4nn[nH]n4)C3)cc2c1. The molecule has 18 nitrogen and oxygen atoms in total. The summed E-state index contributed by atoms with van der Waals surface area (Å²) >= 11 is 1.27. The molecule has 1 fully saturated rings. The number of hydrogen-bond acceptors (Lipinski definition) is 12. The number of aromatic amines is 2. The number of carbonyl (C=O) groups excluding carboxylic acids is 3. The molecule has 0 aliphatic carbocycles. The van der Waals surface area contributed by atoms with Crippen LogP contribution in [0.1, 0.15) is 38.7 Å². The van der Waals surface area contributed by atoms with Crippen molar-refractivity contribution >= 4 is 56.0 Å². The first-order chi connectivity index (χ1) is 22.0. The standard InChI is InChI=1S/C26H30N12O6S2/c1-13-7-17-19(10-28-13)45-24(31-17)25(40)38-6-5-37(12-18(38)23(39)29-11-20-33-35-36-34-20)46(42,43)21-9-15-8-14(3-4-16(15)30-21)22(27)32-26(41)44-2/h3-4,8-9,13,18,28,30H,5-7,10-12H2,1-2H3,(H,29,39)(H2,27,32,41)(H,33,34,35,36). The number of H-pyrrole nitrogens is 2. The van der Waals surface area contributed by atoms with Gasteiger partial charge in [-0.25, -0.2) is 18.2 Å². The number of piperazine rings is 1. The van der Waals surface area contributed by atoms with Gasteiger partial charge in [-0.15, -0.1) is 21.5 Å². The van der Waals surface area contributed by atoms with Crippen molar-refractivity contribution in [3.63, 3.8) is 0 Å². The second kappa shape index (κ2) is 12.5. The van der Waals surface area contributed by atoms with Gasteiger partial charge in [0.1, 0.15) is 16.9 Å². The first-order valence-corrected chi connectivity index (χ1v) is 16.4. The molecule has 3 amide bonds. The molecule has 242 valence electrons. The highest BCUT2D eigenvalue weighted by atomic mass is 32.2. The third kappa shape index (κ3) is 6.18. The van der Waals surface area contributed by atoms with Crippen LogP contribution in [0.2, 0.25) is 0 Å². The monoisotopic (exact) mass is 670 g/mol. The van der Waals surface area contributed by atoms with Crippen molar-refractivity contribution in [2.75, 3.05) is 26.7 Å². The van der Waals surface area contributed by atoms with Gasteiger partial charge in [-0.1, -0.05) is 5.21 Å². The lowest BCUT2D eigenvalue weighted by atomic mass is 10.1. The number of nitrogens with two attached hydrogens (primary N) is 1. The Morgan fingerprint density at radius 1 is 1.24 bits per heavy atom. The highest BCUT2D eigenvalue weighted by Gasteiger charge is 2.41. The number of aromatic nitrogens is 6. The molecule has 4 aromatic rings. The number of nitrogens with zero attached hydrogens (tertiary/aromatic N) is 7. The molecule has 2 atom stereocenters. The minimum absolute atomic E-state index is 0.0534. The van der Waals surface area contributed by atoms with Crippen LogP contribution < -0.4 is 16.4 Å². The number of nitrogens with one attached hydrogen (secondary N) is 4. The van der Waals surface area contributed by atoms with Crippen LogP contribution in [0.3, 0.4) is 0 Å². The van der Waals surface area contributed by atoms with Crippen molar-refractivity contribution in [2.45, 2.75) is 43.5 Å². The summed E-state index contributed by atoms with van der Waals surface area (Å²) in [7, 11) is -2.99. The van der Waals surface area contributed by atoms with Crippen LogP contribution in [0.5, 0.6) is 0 Å². The Balaban J connectivity index is 1.26. The van der Waals surface area contributed by atoms with E-state index in [4.69, 9.17) is 5.73 Å². The number of thiazole rings is 1. The summed E-state index contributed by atoms with van der Waals surface area (Å²) in [5.74, 6) is -0.915. The molecule has 20 heteroatoms. The van der Waals surface area contributed by atoms with Crippen molar-refractivity contribution in [1.29, 1.82) is 0 Å². The van der Waals surface area contributed by atoms with E-state index in [9.17, 15) is 22.8 Å². The Morgan fingerprint density at radius 3 is 2.83 bits per heavy atom. The summed E-state index contributed by atoms with van der Waals surface area (Å²) < 4.78 is 33.4. The van der Waals surface area contributed by atoms with Crippen LogP contribution in [0, 0.1) is 0 Å². The number of rotatable bonds is 7. The summed E-state index contributed by atoms with van der Waals surface area (Å²) in [5, 5.41) is 20.1. The fourth-order valence-corrected chi connectivity index (χ4v) is 7.71. The van der Waals surface area contributed by atoms with Gasteiger partial charge in [-0.05, 0) is 31.2 Å². The molecule has 5 heterocycles. The van der Waals surface area contributed by atoms with Crippen molar-refractivity contribution in [3.8, 4) is 0 Å². The Labute approximate surface area is 265 Å².